The van der Waals surface area contributed by atoms with E-state index in [0.717, 1.165) is 34.1 Å². The lowest BCUT2D eigenvalue weighted by molar-refractivity contribution is 0.173. The monoisotopic (exact) mass is 405 g/mol. The topological polar surface area (TPSA) is 113 Å². The summed E-state index contributed by atoms with van der Waals surface area (Å²) >= 11 is 0. The molecule has 3 heterocycles. The van der Waals surface area contributed by atoms with Crippen LogP contribution < -0.4 is 30.0 Å². The summed E-state index contributed by atoms with van der Waals surface area (Å²) in [6.07, 6.45) is 3.11. The molecule has 0 saturated carbocycles. The van der Waals surface area contributed by atoms with Gasteiger partial charge < -0.3 is 30.0 Å². The maximum absolute atomic E-state index is 6.06. The first-order valence-electron chi connectivity index (χ1n) is 9.37. The number of nitrogens with zero attached hydrogens (tertiary/aromatic N) is 3. The van der Waals surface area contributed by atoms with Gasteiger partial charge in [-0.2, -0.15) is 0 Å². The summed E-state index contributed by atoms with van der Waals surface area (Å²) in [4.78, 5) is 12.9. The molecular formula is C21H19N5O4. The quantitative estimate of drug-likeness (QED) is 0.602. The van der Waals surface area contributed by atoms with E-state index in [1.165, 1.54) is 6.33 Å². The Bertz CT molecular complexity index is 1120. The van der Waals surface area contributed by atoms with Gasteiger partial charge in [0.15, 0.2) is 23.0 Å². The normalized spacial score (nSPS) is 13.7. The standard InChI is InChI=1S/C21H19N5O4/c22-20-15(9-23-7-13-1-3-16-18(5-13)29-11-27-16)21(26-10-25-20)24-8-14-2-4-17-19(6-14)30-12-28-17/h1-6,9-10H,7-8,11-12H2,(H3,22,24,25,26). The van der Waals surface area contributed by atoms with Crippen molar-refractivity contribution < 1.29 is 18.9 Å². The van der Waals surface area contributed by atoms with Gasteiger partial charge in [-0.3, -0.25) is 4.99 Å². The number of fused-ring (bicyclic) bond motifs is 2. The third-order valence-electron chi connectivity index (χ3n) is 4.74. The molecule has 0 aliphatic carbocycles. The number of aliphatic imine (C=N–C) groups is 1. The first kappa shape index (κ1) is 18.0. The van der Waals surface area contributed by atoms with E-state index in [-0.39, 0.29) is 13.6 Å². The number of benzene rings is 2. The van der Waals surface area contributed by atoms with E-state index in [1.807, 2.05) is 36.4 Å². The van der Waals surface area contributed by atoms with Crippen molar-refractivity contribution in [1.82, 2.24) is 9.97 Å². The molecule has 9 heteroatoms. The van der Waals surface area contributed by atoms with Gasteiger partial charge >= 0.3 is 0 Å². The van der Waals surface area contributed by atoms with Crippen molar-refractivity contribution in [2.75, 3.05) is 24.6 Å². The van der Waals surface area contributed by atoms with Gasteiger partial charge in [-0.15, -0.1) is 0 Å². The van der Waals surface area contributed by atoms with Crippen LogP contribution in [0.2, 0.25) is 0 Å². The van der Waals surface area contributed by atoms with E-state index in [4.69, 9.17) is 24.7 Å². The molecule has 9 nitrogen and oxygen atoms in total. The lowest BCUT2D eigenvalue weighted by Crippen LogP contribution is -2.08. The largest absolute Gasteiger partial charge is 0.454 e. The molecule has 0 amide bonds. The minimum absolute atomic E-state index is 0.248. The molecule has 152 valence electrons. The van der Waals surface area contributed by atoms with Crippen molar-refractivity contribution in [2.45, 2.75) is 13.1 Å². The fourth-order valence-corrected chi connectivity index (χ4v) is 3.20. The van der Waals surface area contributed by atoms with Gasteiger partial charge in [0.2, 0.25) is 13.6 Å². The minimum atomic E-state index is 0.248. The van der Waals surface area contributed by atoms with Crippen molar-refractivity contribution >= 4 is 17.9 Å². The Kier molecular flexibility index (Phi) is 4.68. The average Bonchev–Trinajstić information content (AvgIpc) is 3.42. The molecule has 2 aromatic carbocycles. The second-order valence-corrected chi connectivity index (χ2v) is 6.72. The third-order valence-corrected chi connectivity index (χ3v) is 4.74. The summed E-state index contributed by atoms with van der Waals surface area (Å²) in [5, 5.41) is 3.29. The summed E-state index contributed by atoms with van der Waals surface area (Å²) in [7, 11) is 0. The predicted octanol–water partition coefficient (Wildman–Crippen LogP) is 2.75. The molecule has 2 aliphatic rings. The summed E-state index contributed by atoms with van der Waals surface area (Å²) in [6, 6.07) is 11.6. The first-order chi connectivity index (χ1) is 14.8. The summed E-state index contributed by atoms with van der Waals surface area (Å²) in [5.41, 5.74) is 8.73. The molecule has 30 heavy (non-hydrogen) atoms. The van der Waals surface area contributed by atoms with Gasteiger partial charge in [-0.25, -0.2) is 9.97 Å². The molecule has 0 radical (unpaired) electrons. The maximum Gasteiger partial charge on any atom is 0.231 e. The van der Waals surface area contributed by atoms with Crippen LogP contribution in [0.3, 0.4) is 0 Å². The van der Waals surface area contributed by atoms with Gasteiger partial charge in [-0.05, 0) is 35.4 Å². The van der Waals surface area contributed by atoms with Crippen LogP contribution in [-0.4, -0.2) is 29.8 Å². The van der Waals surface area contributed by atoms with Crippen LogP contribution >= 0.6 is 0 Å². The fourth-order valence-electron chi connectivity index (χ4n) is 3.20. The minimum Gasteiger partial charge on any atom is -0.454 e. The first-order valence-corrected chi connectivity index (χ1v) is 9.37. The van der Waals surface area contributed by atoms with Crippen LogP contribution in [-0.2, 0) is 13.1 Å². The van der Waals surface area contributed by atoms with E-state index in [9.17, 15) is 0 Å². The van der Waals surface area contributed by atoms with Gasteiger partial charge in [0.1, 0.15) is 18.0 Å². The Hall–Kier alpha value is -4.01. The molecule has 0 bridgehead atoms. The molecule has 1 aromatic heterocycles. The summed E-state index contributed by atoms with van der Waals surface area (Å²) < 4.78 is 21.5. The maximum atomic E-state index is 6.06. The van der Waals surface area contributed by atoms with Crippen molar-refractivity contribution in [2.24, 2.45) is 4.99 Å². The van der Waals surface area contributed by atoms with Crippen molar-refractivity contribution in [3.05, 3.63) is 59.4 Å². The molecule has 3 N–H and O–H groups in total. The molecule has 3 aromatic rings. The molecular weight excluding hydrogens is 386 g/mol. The SMILES string of the molecule is Nc1ncnc(NCc2ccc3c(c2)OCO3)c1C=NCc1ccc2c(c1)OCO2. The highest BCUT2D eigenvalue weighted by Crippen LogP contribution is 2.33. The Balaban J connectivity index is 1.29. The summed E-state index contributed by atoms with van der Waals surface area (Å²) in [6.45, 7) is 1.50. The van der Waals surface area contributed by atoms with Crippen LogP contribution in [0.1, 0.15) is 16.7 Å². The number of anilines is 2. The predicted molar refractivity (Wildman–Crippen MR) is 110 cm³/mol. The second kappa shape index (κ2) is 7.78. The number of nitrogens with two attached hydrogens (primary N) is 1. The fraction of sp³-hybridized carbons (Fsp3) is 0.190. The van der Waals surface area contributed by atoms with E-state index < -0.39 is 0 Å². The Labute approximate surface area is 172 Å². The Morgan fingerprint density at radius 2 is 1.57 bits per heavy atom. The highest BCUT2D eigenvalue weighted by molar-refractivity contribution is 5.91. The molecule has 0 saturated heterocycles. The number of nitrogens with one attached hydrogen (secondary N) is 1. The zero-order valence-corrected chi connectivity index (χ0v) is 16.0. The van der Waals surface area contributed by atoms with Gasteiger partial charge in [0, 0.05) is 12.8 Å². The molecule has 2 aliphatic heterocycles. The average molecular weight is 405 g/mol. The molecule has 0 unspecified atom stereocenters. The highest BCUT2D eigenvalue weighted by Gasteiger charge is 2.14. The molecule has 0 fully saturated rings. The molecule has 0 spiro atoms. The van der Waals surface area contributed by atoms with Crippen molar-refractivity contribution in [3.8, 4) is 23.0 Å². The van der Waals surface area contributed by atoms with Crippen LogP contribution in [0, 0.1) is 0 Å². The van der Waals surface area contributed by atoms with E-state index in [1.54, 1.807) is 6.21 Å². The lowest BCUT2D eigenvalue weighted by Gasteiger charge is -2.10. The third kappa shape index (κ3) is 3.64. The Morgan fingerprint density at radius 1 is 0.900 bits per heavy atom. The van der Waals surface area contributed by atoms with E-state index in [0.29, 0.717) is 30.3 Å². The Morgan fingerprint density at radius 3 is 2.33 bits per heavy atom. The van der Waals surface area contributed by atoms with Crippen LogP contribution in [0.4, 0.5) is 11.6 Å². The van der Waals surface area contributed by atoms with Crippen LogP contribution in [0.25, 0.3) is 0 Å². The molecule has 5 rings (SSSR count). The van der Waals surface area contributed by atoms with Gasteiger partial charge in [0.25, 0.3) is 0 Å². The van der Waals surface area contributed by atoms with E-state index >= 15 is 0 Å². The van der Waals surface area contributed by atoms with Crippen molar-refractivity contribution in [3.63, 3.8) is 0 Å². The number of aromatic nitrogens is 2. The number of ether oxygens (including phenoxy) is 4. The van der Waals surface area contributed by atoms with Crippen LogP contribution in [0.5, 0.6) is 23.0 Å². The zero-order chi connectivity index (χ0) is 20.3. The number of nitrogen functional groups attached to an aromatic ring is 1. The summed E-state index contributed by atoms with van der Waals surface area (Å²) in [5.74, 6) is 3.93. The number of rotatable bonds is 6. The highest BCUT2D eigenvalue weighted by atomic mass is 16.7. The van der Waals surface area contributed by atoms with Gasteiger partial charge in [0.05, 0.1) is 12.1 Å². The number of hydrogen-bond donors (Lipinski definition) is 2. The van der Waals surface area contributed by atoms with E-state index in [2.05, 4.69) is 20.3 Å². The lowest BCUT2D eigenvalue weighted by atomic mass is 10.2. The smallest absolute Gasteiger partial charge is 0.231 e. The molecule has 0 atom stereocenters. The van der Waals surface area contributed by atoms with Gasteiger partial charge in [-0.1, -0.05) is 12.1 Å². The zero-order valence-electron chi connectivity index (χ0n) is 16.0. The number of hydrogen-bond acceptors (Lipinski definition) is 9. The second-order valence-electron chi connectivity index (χ2n) is 6.72. The van der Waals surface area contributed by atoms with Crippen molar-refractivity contribution in [1.29, 1.82) is 0 Å². The van der Waals surface area contributed by atoms with Crippen LogP contribution in [0.15, 0.2) is 47.7 Å².